The second kappa shape index (κ2) is 7.12. The minimum atomic E-state index is -0.335. The van der Waals surface area contributed by atoms with Gasteiger partial charge in [-0.25, -0.2) is 14.1 Å². The van der Waals surface area contributed by atoms with Crippen LogP contribution in [0.2, 0.25) is 0 Å². The Balaban J connectivity index is 1.99. The smallest absolute Gasteiger partial charge is 0.297 e. The van der Waals surface area contributed by atoms with E-state index < -0.39 is 0 Å². The lowest BCUT2D eigenvalue weighted by Gasteiger charge is -2.11. The van der Waals surface area contributed by atoms with Gasteiger partial charge in [0.2, 0.25) is 0 Å². The zero-order valence-corrected chi connectivity index (χ0v) is 14.7. The number of unbranched alkanes of at least 4 members (excludes halogenated alkanes) is 1. The first-order chi connectivity index (χ1) is 11.6. The maximum absolute atomic E-state index is 13.1. The number of benzene rings is 1. The van der Waals surface area contributed by atoms with Gasteiger partial charge < -0.3 is 4.84 Å². The van der Waals surface area contributed by atoms with E-state index >= 15 is 0 Å². The van der Waals surface area contributed by atoms with Crippen LogP contribution in [0.4, 0.5) is 4.39 Å². The SMILES string of the molecule is Cc1nc2c(cnn2-c2ccc(F)cc2)c(=O)n1OCCCCBr. The van der Waals surface area contributed by atoms with Gasteiger partial charge in [0.15, 0.2) is 5.65 Å². The van der Waals surface area contributed by atoms with Crippen molar-refractivity contribution in [3.05, 3.63) is 52.5 Å². The van der Waals surface area contributed by atoms with Crippen LogP contribution in [-0.4, -0.2) is 31.4 Å². The van der Waals surface area contributed by atoms with Crippen molar-refractivity contribution in [3.63, 3.8) is 0 Å². The zero-order valence-electron chi connectivity index (χ0n) is 13.1. The lowest BCUT2D eigenvalue weighted by Crippen LogP contribution is -2.30. The van der Waals surface area contributed by atoms with Crippen molar-refractivity contribution in [3.8, 4) is 5.69 Å². The van der Waals surface area contributed by atoms with Crippen molar-refractivity contribution in [2.45, 2.75) is 19.8 Å². The first-order valence-electron chi connectivity index (χ1n) is 7.54. The Morgan fingerprint density at radius 2 is 2.00 bits per heavy atom. The fourth-order valence-corrected chi connectivity index (χ4v) is 2.73. The van der Waals surface area contributed by atoms with E-state index in [1.54, 1.807) is 19.1 Å². The van der Waals surface area contributed by atoms with Gasteiger partial charge in [-0.2, -0.15) is 5.10 Å². The third-order valence-electron chi connectivity index (χ3n) is 3.54. The summed E-state index contributed by atoms with van der Waals surface area (Å²) < 4.78 is 15.8. The Bertz CT molecular complexity index is 905. The molecule has 0 amide bonds. The van der Waals surface area contributed by atoms with Crippen LogP contribution in [0.25, 0.3) is 16.7 Å². The standard InChI is InChI=1S/C16H16BrFN4O2/c1-11-20-15-14(16(23)22(11)24-9-3-2-8-17)10-19-21(15)13-6-4-12(18)5-7-13/h4-7,10H,2-3,8-9H2,1H3. The molecule has 0 N–H and O–H groups in total. The predicted molar refractivity (Wildman–Crippen MR) is 92.3 cm³/mol. The van der Waals surface area contributed by atoms with Crippen molar-refractivity contribution in [2.75, 3.05) is 11.9 Å². The number of aryl methyl sites for hydroxylation is 1. The summed E-state index contributed by atoms with van der Waals surface area (Å²) in [6.45, 7) is 2.14. The van der Waals surface area contributed by atoms with Crippen molar-refractivity contribution in [1.82, 2.24) is 19.5 Å². The van der Waals surface area contributed by atoms with Gasteiger partial charge in [0.25, 0.3) is 5.56 Å². The summed E-state index contributed by atoms with van der Waals surface area (Å²) in [5.74, 6) is 0.105. The lowest BCUT2D eigenvalue weighted by atomic mass is 10.3. The minimum absolute atomic E-state index is 0.301. The third kappa shape index (κ3) is 3.19. The number of aromatic nitrogens is 4. The van der Waals surface area contributed by atoms with Crippen LogP contribution in [0.15, 0.2) is 35.3 Å². The Labute approximate surface area is 146 Å². The van der Waals surface area contributed by atoms with E-state index in [2.05, 4.69) is 26.0 Å². The van der Waals surface area contributed by atoms with Crippen LogP contribution in [0.5, 0.6) is 0 Å². The number of alkyl halides is 1. The molecule has 1 aromatic carbocycles. The average Bonchev–Trinajstić information content (AvgIpc) is 2.98. The summed E-state index contributed by atoms with van der Waals surface area (Å²) in [6, 6.07) is 5.84. The normalized spacial score (nSPS) is 11.1. The first-order valence-corrected chi connectivity index (χ1v) is 8.66. The molecule has 126 valence electrons. The molecule has 0 aliphatic carbocycles. The van der Waals surface area contributed by atoms with E-state index in [1.165, 1.54) is 27.7 Å². The summed E-state index contributed by atoms with van der Waals surface area (Å²) in [6.07, 6.45) is 3.25. The highest BCUT2D eigenvalue weighted by molar-refractivity contribution is 9.09. The maximum atomic E-state index is 13.1. The molecule has 0 fully saturated rings. The molecule has 2 heterocycles. The van der Waals surface area contributed by atoms with Gasteiger partial charge in [0.1, 0.15) is 23.6 Å². The topological polar surface area (TPSA) is 61.9 Å². The van der Waals surface area contributed by atoms with E-state index in [0.29, 0.717) is 29.2 Å². The molecule has 0 spiro atoms. The van der Waals surface area contributed by atoms with Gasteiger partial charge in [0, 0.05) is 5.33 Å². The largest absolute Gasteiger partial charge is 0.409 e. The number of fused-ring (bicyclic) bond motifs is 1. The number of halogens is 2. The number of hydrogen-bond acceptors (Lipinski definition) is 4. The maximum Gasteiger partial charge on any atom is 0.297 e. The average molecular weight is 395 g/mol. The monoisotopic (exact) mass is 394 g/mol. The van der Waals surface area contributed by atoms with E-state index in [9.17, 15) is 9.18 Å². The third-order valence-corrected chi connectivity index (χ3v) is 4.10. The second-order valence-corrected chi connectivity index (χ2v) is 6.05. The highest BCUT2D eigenvalue weighted by atomic mass is 79.9. The van der Waals surface area contributed by atoms with Gasteiger partial charge in [-0.1, -0.05) is 15.9 Å². The molecule has 0 saturated carbocycles. The van der Waals surface area contributed by atoms with Crippen LogP contribution < -0.4 is 10.4 Å². The molecule has 0 saturated heterocycles. The molecule has 0 aliphatic heterocycles. The number of hydrogen-bond donors (Lipinski definition) is 0. The molecule has 6 nitrogen and oxygen atoms in total. The van der Waals surface area contributed by atoms with Crippen LogP contribution >= 0.6 is 15.9 Å². The lowest BCUT2D eigenvalue weighted by molar-refractivity contribution is 0.0934. The highest BCUT2D eigenvalue weighted by Gasteiger charge is 2.14. The highest BCUT2D eigenvalue weighted by Crippen LogP contribution is 2.14. The van der Waals surface area contributed by atoms with Crippen molar-refractivity contribution in [2.24, 2.45) is 0 Å². The number of rotatable bonds is 6. The minimum Gasteiger partial charge on any atom is -0.409 e. The molecular formula is C16H16BrFN4O2. The molecule has 24 heavy (non-hydrogen) atoms. The van der Waals surface area contributed by atoms with Gasteiger partial charge in [-0.05, 0) is 44.0 Å². The first kappa shape index (κ1) is 16.6. The van der Waals surface area contributed by atoms with E-state index in [0.717, 1.165) is 18.2 Å². The molecule has 3 rings (SSSR count). The predicted octanol–water partition coefficient (Wildman–Crippen LogP) is 2.63. The molecule has 0 aliphatic rings. The summed E-state index contributed by atoms with van der Waals surface area (Å²) in [7, 11) is 0. The van der Waals surface area contributed by atoms with Gasteiger partial charge >= 0.3 is 0 Å². The Morgan fingerprint density at radius 1 is 1.25 bits per heavy atom. The summed E-state index contributed by atoms with van der Waals surface area (Å²) in [5.41, 5.74) is 0.753. The van der Waals surface area contributed by atoms with Crippen LogP contribution in [0.3, 0.4) is 0 Å². The Kier molecular flexibility index (Phi) is 4.94. The Hall–Kier alpha value is -2.22. The van der Waals surface area contributed by atoms with E-state index in [-0.39, 0.29) is 11.4 Å². The fraction of sp³-hybridized carbons (Fsp3) is 0.312. The number of nitrogens with zero attached hydrogens (tertiary/aromatic N) is 4. The summed E-state index contributed by atoms with van der Waals surface area (Å²) in [5, 5.41) is 5.45. The van der Waals surface area contributed by atoms with Crippen molar-refractivity contribution < 1.29 is 9.23 Å². The zero-order chi connectivity index (χ0) is 17.1. The quantitative estimate of drug-likeness (QED) is 0.476. The molecule has 8 heteroatoms. The Morgan fingerprint density at radius 3 is 2.71 bits per heavy atom. The molecule has 3 aromatic rings. The molecule has 0 atom stereocenters. The van der Waals surface area contributed by atoms with Gasteiger partial charge in [-0.3, -0.25) is 4.79 Å². The van der Waals surface area contributed by atoms with Crippen LogP contribution in [-0.2, 0) is 0 Å². The van der Waals surface area contributed by atoms with E-state index in [4.69, 9.17) is 4.84 Å². The second-order valence-electron chi connectivity index (χ2n) is 5.26. The molecule has 2 aromatic heterocycles. The molecular weight excluding hydrogens is 379 g/mol. The van der Waals surface area contributed by atoms with Gasteiger partial charge in [-0.15, -0.1) is 4.73 Å². The van der Waals surface area contributed by atoms with Crippen LogP contribution in [0.1, 0.15) is 18.7 Å². The van der Waals surface area contributed by atoms with Crippen molar-refractivity contribution in [1.29, 1.82) is 0 Å². The summed E-state index contributed by atoms with van der Waals surface area (Å²) >= 11 is 3.36. The van der Waals surface area contributed by atoms with E-state index in [1.807, 2.05) is 0 Å². The molecule has 0 bridgehead atoms. The summed E-state index contributed by atoms with van der Waals surface area (Å²) in [4.78, 5) is 22.6. The molecule has 0 unspecified atom stereocenters. The van der Waals surface area contributed by atoms with Gasteiger partial charge in [0.05, 0.1) is 11.9 Å². The molecule has 0 radical (unpaired) electrons. The van der Waals surface area contributed by atoms with Crippen LogP contribution in [0, 0.1) is 12.7 Å². The fourth-order valence-electron chi connectivity index (χ4n) is 2.33. The van der Waals surface area contributed by atoms with Crippen molar-refractivity contribution >= 4 is 27.0 Å².